The Kier molecular flexibility index (Phi) is 6.24. The van der Waals surface area contributed by atoms with Crippen molar-refractivity contribution in [1.82, 2.24) is 10.2 Å². The summed E-state index contributed by atoms with van der Waals surface area (Å²) in [5.74, 6) is 0.204. The molecule has 0 aliphatic carbocycles. The maximum atomic E-state index is 12.8. The van der Waals surface area contributed by atoms with Crippen LogP contribution >= 0.6 is 12.4 Å². The normalized spacial score (nSPS) is 18.2. The fourth-order valence-electron chi connectivity index (χ4n) is 2.86. The highest BCUT2D eigenvalue weighted by Gasteiger charge is 2.35. The van der Waals surface area contributed by atoms with Crippen molar-refractivity contribution < 1.29 is 4.79 Å². The van der Waals surface area contributed by atoms with Crippen molar-refractivity contribution in [3.63, 3.8) is 0 Å². The molecule has 1 atom stereocenters. The van der Waals surface area contributed by atoms with E-state index in [1.54, 1.807) is 0 Å². The zero-order chi connectivity index (χ0) is 14.8. The molecule has 2 rings (SSSR count). The average Bonchev–Trinajstić information content (AvgIpc) is 3.00. The fourth-order valence-corrected chi connectivity index (χ4v) is 2.86. The summed E-state index contributed by atoms with van der Waals surface area (Å²) in [4.78, 5) is 14.7. The number of benzene rings is 1. The molecule has 1 aromatic carbocycles. The zero-order valence-corrected chi connectivity index (χ0v) is 14.3. The number of likely N-dealkylation sites (N-methyl/N-ethyl adjacent to an activating group) is 1. The molecule has 1 aromatic rings. The van der Waals surface area contributed by atoms with Gasteiger partial charge in [0.2, 0.25) is 5.91 Å². The number of carbonyl (C=O) groups excluding carboxylic acids is 1. The largest absolute Gasteiger partial charge is 0.341 e. The van der Waals surface area contributed by atoms with Crippen molar-refractivity contribution in [2.75, 3.05) is 20.1 Å². The Morgan fingerprint density at radius 2 is 1.95 bits per heavy atom. The topological polar surface area (TPSA) is 32.3 Å². The van der Waals surface area contributed by atoms with E-state index in [9.17, 15) is 4.79 Å². The van der Waals surface area contributed by atoms with Gasteiger partial charge in [0.1, 0.15) is 0 Å². The fraction of sp³-hybridized carbons (Fsp3) is 0.588. The van der Waals surface area contributed by atoms with Gasteiger partial charge < -0.3 is 10.2 Å². The number of halogens is 1. The molecule has 0 radical (unpaired) electrons. The number of nitrogens with one attached hydrogen (secondary N) is 1. The molecule has 1 saturated heterocycles. The second kappa shape index (κ2) is 7.28. The SMILES string of the molecule is CCc1ccc(C(C)(C)C(=O)N(C)C2CCNC2)cc1.Cl. The van der Waals surface area contributed by atoms with Gasteiger partial charge in [-0.1, -0.05) is 31.2 Å². The van der Waals surface area contributed by atoms with E-state index in [1.807, 2.05) is 25.8 Å². The summed E-state index contributed by atoms with van der Waals surface area (Å²) in [6.45, 7) is 8.11. The van der Waals surface area contributed by atoms with E-state index >= 15 is 0 Å². The van der Waals surface area contributed by atoms with Crippen LogP contribution < -0.4 is 5.32 Å². The van der Waals surface area contributed by atoms with Gasteiger partial charge in [0.05, 0.1) is 5.41 Å². The van der Waals surface area contributed by atoms with Gasteiger partial charge >= 0.3 is 0 Å². The van der Waals surface area contributed by atoms with Crippen LogP contribution in [-0.4, -0.2) is 37.0 Å². The third kappa shape index (κ3) is 3.78. The van der Waals surface area contributed by atoms with Crippen LogP contribution in [0.15, 0.2) is 24.3 Å². The molecule has 1 N–H and O–H groups in total. The van der Waals surface area contributed by atoms with Crippen LogP contribution in [0.2, 0.25) is 0 Å². The lowest BCUT2D eigenvalue weighted by Crippen LogP contribution is -2.47. The number of carbonyl (C=O) groups is 1. The maximum absolute atomic E-state index is 12.8. The van der Waals surface area contributed by atoms with Crippen molar-refractivity contribution in [1.29, 1.82) is 0 Å². The first kappa shape index (κ1) is 18.0. The number of rotatable bonds is 4. The number of amides is 1. The summed E-state index contributed by atoms with van der Waals surface area (Å²) >= 11 is 0. The molecule has 1 aliphatic heterocycles. The molecular weight excluding hydrogens is 284 g/mol. The van der Waals surface area contributed by atoms with E-state index in [1.165, 1.54) is 5.56 Å². The number of hydrogen-bond acceptors (Lipinski definition) is 2. The quantitative estimate of drug-likeness (QED) is 0.927. The predicted molar refractivity (Wildman–Crippen MR) is 90.1 cm³/mol. The Labute approximate surface area is 134 Å². The van der Waals surface area contributed by atoms with E-state index in [2.05, 4.69) is 36.5 Å². The Morgan fingerprint density at radius 1 is 1.33 bits per heavy atom. The molecule has 21 heavy (non-hydrogen) atoms. The average molecular weight is 311 g/mol. The Hall–Kier alpha value is -1.06. The van der Waals surface area contributed by atoms with Gasteiger partial charge in [0.15, 0.2) is 0 Å². The van der Waals surface area contributed by atoms with E-state index in [-0.39, 0.29) is 18.3 Å². The molecule has 1 amide bonds. The highest BCUT2D eigenvalue weighted by Crippen LogP contribution is 2.27. The summed E-state index contributed by atoms with van der Waals surface area (Å²) in [5, 5.41) is 3.32. The molecule has 1 aliphatic rings. The molecule has 1 heterocycles. The number of hydrogen-bond donors (Lipinski definition) is 1. The summed E-state index contributed by atoms with van der Waals surface area (Å²) in [7, 11) is 1.93. The summed E-state index contributed by atoms with van der Waals surface area (Å²) in [5.41, 5.74) is 1.94. The van der Waals surface area contributed by atoms with Crippen molar-refractivity contribution in [2.24, 2.45) is 0 Å². The molecule has 0 spiro atoms. The Morgan fingerprint density at radius 3 is 2.43 bits per heavy atom. The molecule has 0 bridgehead atoms. The molecule has 0 saturated carbocycles. The minimum Gasteiger partial charge on any atom is -0.341 e. The molecule has 0 aromatic heterocycles. The van der Waals surface area contributed by atoms with Gasteiger partial charge in [-0.15, -0.1) is 12.4 Å². The van der Waals surface area contributed by atoms with Crippen molar-refractivity contribution >= 4 is 18.3 Å². The first-order valence-corrected chi connectivity index (χ1v) is 7.54. The molecule has 1 fully saturated rings. The second-order valence-electron chi connectivity index (χ2n) is 6.24. The lowest BCUT2D eigenvalue weighted by atomic mass is 9.82. The van der Waals surface area contributed by atoms with Crippen LogP contribution in [0, 0.1) is 0 Å². The van der Waals surface area contributed by atoms with E-state index in [0.717, 1.165) is 31.5 Å². The second-order valence-corrected chi connectivity index (χ2v) is 6.24. The van der Waals surface area contributed by atoms with E-state index < -0.39 is 5.41 Å². The van der Waals surface area contributed by atoms with Crippen LogP contribution in [0.5, 0.6) is 0 Å². The first-order chi connectivity index (χ1) is 9.46. The van der Waals surface area contributed by atoms with E-state index in [4.69, 9.17) is 0 Å². The van der Waals surface area contributed by atoms with Gasteiger partial charge in [-0.2, -0.15) is 0 Å². The highest BCUT2D eigenvalue weighted by atomic mass is 35.5. The van der Waals surface area contributed by atoms with Crippen molar-refractivity contribution in [3.8, 4) is 0 Å². The molecule has 118 valence electrons. The maximum Gasteiger partial charge on any atom is 0.232 e. The van der Waals surface area contributed by atoms with Crippen LogP contribution in [0.3, 0.4) is 0 Å². The van der Waals surface area contributed by atoms with Crippen LogP contribution in [-0.2, 0) is 16.6 Å². The number of nitrogens with zero attached hydrogens (tertiary/aromatic N) is 1. The van der Waals surface area contributed by atoms with Gasteiger partial charge in [0.25, 0.3) is 0 Å². The summed E-state index contributed by atoms with van der Waals surface area (Å²) in [6.07, 6.45) is 2.08. The summed E-state index contributed by atoms with van der Waals surface area (Å²) in [6, 6.07) is 8.77. The Bertz CT molecular complexity index is 464. The summed E-state index contributed by atoms with van der Waals surface area (Å²) < 4.78 is 0. The van der Waals surface area contributed by atoms with Gasteiger partial charge in [-0.25, -0.2) is 0 Å². The van der Waals surface area contributed by atoms with Crippen LogP contribution in [0.4, 0.5) is 0 Å². The molecule has 4 heteroatoms. The molecular formula is C17H27ClN2O. The molecule has 1 unspecified atom stereocenters. The third-order valence-corrected chi connectivity index (χ3v) is 4.52. The Balaban J connectivity index is 0.00000220. The third-order valence-electron chi connectivity index (χ3n) is 4.52. The van der Waals surface area contributed by atoms with Gasteiger partial charge in [0, 0.05) is 19.6 Å². The minimum absolute atomic E-state index is 0. The lowest BCUT2D eigenvalue weighted by molar-refractivity contribution is -0.136. The highest BCUT2D eigenvalue weighted by molar-refractivity contribution is 5.87. The smallest absolute Gasteiger partial charge is 0.232 e. The first-order valence-electron chi connectivity index (χ1n) is 7.54. The predicted octanol–water partition coefficient (Wildman–Crippen LogP) is 2.77. The lowest BCUT2D eigenvalue weighted by Gasteiger charge is -2.33. The van der Waals surface area contributed by atoms with Gasteiger partial charge in [-0.05, 0) is 44.4 Å². The van der Waals surface area contributed by atoms with Crippen LogP contribution in [0.1, 0.15) is 38.3 Å². The number of aryl methyl sites for hydroxylation is 1. The van der Waals surface area contributed by atoms with Crippen molar-refractivity contribution in [2.45, 2.75) is 45.1 Å². The monoisotopic (exact) mass is 310 g/mol. The van der Waals surface area contributed by atoms with Crippen molar-refractivity contribution in [3.05, 3.63) is 35.4 Å². The van der Waals surface area contributed by atoms with E-state index in [0.29, 0.717) is 6.04 Å². The molecule has 3 nitrogen and oxygen atoms in total. The minimum atomic E-state index is -0.469. The standard InChI is InChI=1S/C17H26N2O.ClH/c1-5-13-6-8-14(9-7-13)17(2,3)16(20)19(4)15-10-11-18-12-15;/h6-9,15,18H,5,10-12H2,1-4H3;1H. The van der Waals surface area contributed by atoms with Crippen LogP contribution in [0.25, 0.3) is 0 Å². The van der Waals surface area contributed by atoms with Gasteiger partial charge in [-0.3, -0.25) is 4.79 Å². The zero-order valence-electron chi connectivity index (χ0n) is 13.5.